The van der Waals surface area contributed by atoms with E-state index in [1.165, 1.54) is 11.3 Å². The molecule has 0 fully saturated rings. The largest absolute Gasteiger partial charge is 0.301 e. The molecule has 0 atom stereocenters. The van der Waals surface area contributed by atoms with Crippen LogP contribution in [0.5, 0.6) is 0 Å². The number of amides is 1. The van der Waals surface area contributed by atoms with Crippen molar-refractivity contribution in [2.75, 3.05) is 5.32 Å². The summed E-state index contributed by atoms with van der Waals surface area (Å²) in [5, 5.41) is 5.25. The zero-order valence-corrected chi connectivity index (χ0v) is 16.6. The van der Waals surface area contributed by atoms with Gasteiger partial charge in [-0.25, -0.2) is 4.98 Å². The lowest BCUT2D eigenvalue weighted by atomic mass is 9.70. The molecule has 1 amide bonds. The van der Waals surface area contributed by atoms with Crippen molar-refractivity contribution in [3.8, 4) is 0 Å². The number of nitrogens with one attached hydrogen (secondary N) is 1. The highest BCUT2D eigenvalue weighted by Crippen LogP contribution is 2.65. The molecule has 1 aromatic heterocycles. The van der Waals surface area contributed by atoms with Crippen molar-refractivity contribution in [2.24, 2.45) is 5.41 Å². The molecule has 1 aliphatic heterocycles. The van der Waals surface area contributed by atoms with E-state index in [4.69, 9.17) is 0 Å². The minimum absolute atomic E-state index is 0.162. The Morgan fingerprint density at radius 1 is 1.07 bits per heavy atom. The monoisotopic (exact) mass is 400 g/mol. The Kier molecular flexibility index (Phi) is 4.35. The van der Waals surface area contributed by atoms with Gasteiger partial charge in [-0.3, -0.25) is 13.9 Å². The second kappa shape index (κ2) is 6.45. The molecule has 7 heteroatoms. The Labute approximate surface area is 163 Å². The number of nitrogens with zero attached hydrogens (tertiary/aromatic N) is 1. The number of hydrogen-bond acceptors (Lipinski definition) is 5. The van der Waals surface area contributed by atoms with Gasteiger partial charge in [-0.1, -0.05) is 50.2 Å². The second-order valence-electron chi connectivity index (χ2n) is 7.07. The average Bonchev–Trinajstić information content (AvgIpc) is 3.15. The zero-order valence-electron chi connectivity index (χ0n) is 14.9. The first kappa shape index (κ1) is 18.2. The summed E-state index contributed by atoms with van der Waals surface area (Å²) in [6.07, 6.45) is 1.65. The van der Waals surface area contributed by atoms with Crippen molar-refractivity contribution < 1.29 is 13.9 Å². The van der Waals surface area contributed by atoms with E-state index < -0.39 is 16.0 Å². The van der Waals surface area contributed by atoms with Gasteiger partial charge in [0.15, 0.2) is 5.13 Å². The lowest BCUT2D eigenvalue weighted by Crippen LogP contribution is -2.39. The van der Waals surface area contributed by atoms with E-state index in [1.807, 2.05) is 43.5 Å². The molecule has 1 aliphatic rings. The van der Waals surface area contributed by atoms with Crippen molar-refractivity contribution in [1.82, 2.24) is 4.98 Å². The predicted molar refractivity (Wildman–Crippen MR) is 109 cm³/mol. The maximum atomic E-state index is 13.1. The zero-order chi connectivity index (χ0) is 19.2. The molecule has 27 heavy (non-hydrogen) atoms. The van der Waals surface area contributed by atoms with E-state index >= 15 is 0 Å². The number of anilines is 1. The van der Waals surface area contributed by atoms with Crippen LogP contribution in [0, 0.1) is 5.41 Å². The van der Waals surface area contributed by atoms with Crippen LogP contribution in [0.2, 0.25) is 0 Å². The summed E-state index contributed by atoms with van der Waals surface area (Å²) in [4.78, 5) is 18.3. The van der Waals surface area contributed by atoms with Gasteiger partial charge in [0.25, 0.3) is 0 Å². The summed E-state index contributed by atoms with van der Waals surface area (Å²) in [5.41, 5.74) is 0.708. The number of carbonyl (C=O) groups excluding carboxylic acids is 1. The van der Waals surface area contributed by atoms with Gasteiger partial charge in [0, 0.05) is 17.5 Å². The van der Waals surface area contributed by atoms with E-state index in [9.17, 15) is 13.9 Å². The summed E-state index contributed by atoms with van der Waals surface area (Å²) in [7, 11) is -3.11. The van der Waals surface area contributed by atoms with Crippen LogP contribution in [0.1, 0.15) is 30.9 Å². The number of aromatic nitrogens is 1. The Morgan fingerprint density at radius 2 is 1.63 bits per heavy atom. The van der Waals surface area contributed by atoms with Crippen LogP contribution < -0.4 is 5.32 Å². The minimum Gasteiger partial charge on any atom is -0.301 e. The number of rotatable bonds is 3. The van der Waals surface area contributed by atoms with Gasteiger partial charge in [-0.05, 0) is 23.3 Å². The molecule has 0 spiro atoms. The molecule has 0 bridgehead atoms. The molecule has 4 rings (SSSR count). The predicted octanol–water partition coefficient (Wildman–Crippen LogP) is 5.42. The molecule has 5 nitrogen and oxygen atoms in total. The number of benzene rings is 2. The number of hydrogen-bond donors (Lipinski definition) is 3. The first-order chi connectivity index (χ1) is 12.8. The normalized spacial score (nSPS) is 16.9. The standard InChI is InChI=1S/C20H20N2O3S2/c1-20(2,18(23)22-19-21-11-12-26-19)17-13-7-3-5-9-15(13)27(24,25)16-10-6-4-8-14(16)17/h3-12,17,24-25H,1-2H3,(H,21,22,23). The fraction of sp³-hybridized carbons (Fsp3) is 0.200. The minimum atomic E-state index is -3.11. The fourth-order valence-corrected chi connectivity index (χ4v) is 6.02. The molecule has 0 radical (unpaired) electrons. The van der Waals surface area contributed by atoms with Crippen LogP contribution in [0.4, 0.5) is 5.13 Å². The lowest BCUT2D eigenvalue weighted by Gasteiger charge is -2.46. The highest BCUT2D eigenvalue weighted by atomic mass is 32.3. The van der Waals surface area contributed by atoms with Crippen LogP contribution in [0.3, 0.4) is 0 Å². The van der Waals surface area contributed by atoms with Crippen molar-refractivity contribution in [3.05, 3.63) is 71.2 Å². The van der Waals surface area contributed by atoms with E-state index in [0.717, 1.165) is 11.1 Å². The molecule has 0 saturated carbocycles. The average molecular weight is 401 g/mol. The van der Waals surface area contributed by atoms with Crippen LogP contribution in [-0.2, 0) is 4.79 Å². The molecule has 140 valence electrons. The van der Waals surface area contributed by atoms with Crippen LogP contribution in [-0.4, -0.2) is 20.0 Å². The highest BCUT2D eigenvalue weighted by molar-refractivity contribution is 8.24. The van der Waals surface area contributed by atoms with Crippen molar-refractivity contribution in [1.29, 1.82) is 0 Å². The molecule has 2 heterocycles. The summed E-state index contributed by atoms with van der Waals surface area (Å²) in [6.45, 7) is 3.76. The number of fused-ring (bicyclic) bond motifs is 2. The number of carbonyl (C=O) groups is 1. The van der Waals surface area contributed by atoms with E-state index in [1.54, 1.807) is 30.5 Å². The van der Waals surface area contributed by atoms with Gasteiger partial charge in [-0.2, -0.15) is 0 Å². The van der Waals surface area contributed by atoms with Gasteiger partial charge in [-0.15, -0.1) is 21.9 Å². The van der Waals surface area contributed by atoms with Gasteiger partial charge in [0.1, 0.15) is 0 Å². The summed E-state index contributed by atoms with van der Waals surface area (Å²) >= 11 is 1.37. The van der Waals surface area contributed by atoms with Crippen LogP contribution >= 0.6 is 21.9 Å². The van der Waals surface area contributed by atoms with Crippen LogP contribution in [0.25, 0.3) is 0 Å². The quantitative estimate of drug-likeness (QED) is 0.548. The first-order valence-corrected chi connectivity index (χ1v) is 10.9. The maximum Gasteiger partial charge on any atom is 0.232 e. The summed E-state index contributed by atoms with van der Waals surface area (Å²) in [6, 6.07) is 14.5. The molecule has 0 saturated heterocycles. The Bertz CT molecular complexity index is 950. The smallest absolute Gasteiger partial charge is 0.232 e. The molecule has 3 N–H and O–H groups in total. The third kappa shape index (κ3) is 2.87. The topological polar surface area (TPSA) is 82.5 Å². The molecule has 0 aliphatic carbocycles. The molecular weight excluding hydrogens is 380 g/mol. The fourth-order valence-electron chi connectivity index (χ4n) is 3.69. The van der Waals surface area contributed by atoms with Crippen molar-refractivity contribution in [3.63, 3.8) is 0 Å². The number of thiazole rings is 1. The van der Waals surface area contributed by atoms with Gasteiger partial charge < -0.3 is 5.32 Å². The van der Waals surface area contributed by atoms with Crippen LogP contribution in [0.15, 0.2) is 69.9 Å². The third-order valence-corrected chi connectivity index (χ3v) is 7.69. The van der Waals surface area contributed by atoms with Gasteiger partial charge >= 0.3 is 0 Å². The van der Waals surface area contributed by atoms with Crippen molar-refractivity contribution >= 4 is 33.0 Å². The Morgan fingerprint density at radius 3 is 2.15 bits per heavy atom. The molecule has 2 aromatic carbocycles. The summed E-state index contributed by atoms with van der Waals surface area (Å²) < 4.78 is 21.9. The molecule has 3 aromatic rings. The van der Waals surface area contributed by atoms with E-state index in [0.29, 0.717) is 14.9 Å². The molecule has 0 unspecified atom stereocenters. The van der Waals surface area contributed by atoms with E-state index in [-0.39, 0.29) is 11.8 Å². The van der Waals surface area contributed by atoms with Gasteiger partial charge in [0.05, 0.1) is 15.2 Å². The summed E-state index contributed by atoms with van der Waals surface area (Å²) in [5.74, 6) is -0.477. The highest BCUT2D eigenvalue weighted by Gasteiger charge is 2.46. The maximum absolute atomic E-state index is 13.1. The second-order valence-corrected chi connectivity index (χ2v) is 9.94. The SMILES string of the molecule is CC(C)(C(=O)Nc1nccs1)C1c2ccccc2S(O)(O)c2ccccc21. The van der Waals surface area contributed by atoms with Crippen molar-refractivity contribution in [2.45, 2.75) is 29.6 Å². The Balaban J connectivity index is 1.86. The van der Waals surface area contributed by atoms with Gasteiger partial charge in [0.2, 0.25) is 5.91 Å². The lowest BCUT2D eigenvalue weighted by molar-refractivity contribution is -0.124. The third-order valence-electron chi connectivity index (χ3n) is 5.03. The van der Waals surface area contributed by atoms with E-state index in [2.05, 4.69) is 10.3 Å². The first-order valence-electron chi connectivity index (χ1n) is 8.50. The molecular formula is C20H20N2O3S2. The Hall–Kier alpha value is -2.19.